The number of amides is 2. The second-order valence-electron chi connectivity index (χ2n) is 8.64. The number of hydrogen-bond acceptors (Lipinski definition) is 5. The van der Waals surface area contributed by atoms with Crippen LogP contribution in [0.25, 0.3) is 0 Å². The quantitative estimate of drug-likeness (QED) is 0.450. The lowest BCUT2D eigenvalue weighted by atomic mass is 10.1. The Morgan fingerprint density at radius 3 is 2.66 bits per heavy atom. The van der Waals surface area contributed by atoms with Gasteiger partial charge in [-0.15, -0.1) is 0 Å². The average molecular weight is 475 g/mol. The first-order chi connectivity index (χ1) is 16.9. The number of aryl methyl sites for hydroxylation is 3. The summed E-state index contributed by atoms with van der Waals surface area (Å²) in [5, 5.41) is 2.84. The Morgan fingerprint density at radius 2 is 1.83 bits per heavy atom. The van der Waals surface area contributed by atoms with Crippen molar-refractivity contribution >= 4 is 23.2 Å². The minimum absolute atomic E-state index is 0.0128. The van der Waals surface area contributed by atoms with Crippen molar-refractivity contribution in [1.82, 2.24) is 0 Å². The molecule has 182 valence electrons. The van der Waals surface area contributed by atoms with Crippen molar-refractivity contribution in [2.75, 3.05) is 36.6 Å². The predicted molar refractivity (Wildman–Crippen MR) is 136 cm³/mol. The minimum atomic E-state index is -0.285. The molecule has 0 spiro atoms. The number of carbonyl (C=O) groups is 2. The fourth-order valence-corrected chi connectivity index (χ4v) is 3.85. The van der Waals surface area contributed by atoms with Gasteiger partial charge in [-0.1, -0.05) is 24.3 Å². The number of ether oxygens (including phenoxy) is 3. The third kappa shape index (κ3) is 6.32. The van der Waals surface area contributed by atoms with Gasteiger partial charge in [0.05, 0.1) is 12.3 Å². The molecule has 0 aromatic heterocycles. The number of nitrogens with one attached hydrogen (secondary N) is 1. The van der Waals surface area contributed by atoms with Crippen LogP contribution in [0.15, 0.2) is 60.7 Å². The molecule has 0 bridgehead atoms. The van der Waals surface area contributed by atoms with E-state index in [1.54, 1.807) is 23.1 Å². The summed E-state index contributed by atoms with van der Waals surface area (Å²) in [7, 11) is 0. The lowest BCUT2D eigenvalue weighted by Gasteiger charge is -2.30. The van der Waals surface area contributed by atoms with Crippen LogP contribution in [0.1, 0.15) is 23.1 Å². The summed E-state index contributed by atoms with van der Waals surface area (Å²) in [5.41, 5.74) is 4.36. The van der Waals surface area contributed by atoms with Crippen LogP contribution in [-0.4, -0.2) is 38.2 Å². The summed E-state index contributed by atoms with van der Waals surface area (Å²) < 4.78 is 17.1. The Hall–Kier alpha value is -4.00. The number of hydrogen-bond donors (Lipinski definition) is 1. The molecule has 1 aliphatic rings. The topological polar surface area (TPSA) is 77.1 Å². The van der Waals surface area contributed by atoms with E-state index in [9.17, 15) is 9.59 Å². The molecule has 7 heteroatoms. The maximum atomic E-state index is 12.6. The van der Waals surface area contributed by atoms with Gasteiger partial charge in [-0.3, -0.25) is 9.59 Å². The Balaban J connectivity index is 1.36. The van der Waals surface area contributed by atoms with E-state index in [1.165, 1.54) is 0 Å². The van der Waals surface area contributed by atoms with E-state index >= 15 is 0 Å². The van der Waals surface area contributed by atoms with E-state index < -0.39 is 0 Å². The lowest BCUT2D eigenvalue weighted by Crippen LogP contribution is -2.39. The van der Waals surface area contributed by atoms with Gasteiger partial charge in [0, 0.05) is 12.2 Å². The molecule has 0 radical (unpaired) electrons. The first-order valence-corrected chi connectivity index (χ1v) is 11.7. The van der Waals surface area contributed by atoms with Gasteiger partial charge in [-0.2, -0.15) is 0 Å². The van der Waals surface area contributed by atoms with E-state index in [2.05, 4.69) is 5.32 Å². The van der Waals surface area contributed by atoms with Crippen molar-refractivity contribution in [1.29, 1.82) is 0 Å². The van der Waals surface area contributed by atoms with Gasteiger partial charge in [0.2, 0.25) is 0 Å². The SMILES string of the molecule is Cc1cccc(OCCCN2C(=O)COc3ccc(NC(=O)COc4cc(C)ccc4C)cc32)c1. The van der Waals surface area contributed by atoms with Crippen molar-refractivity contribution in [3.8, 4) is 17.2 Å². The molecule has 4 rings (SSSR count). The highest BCUT2D eigenvalue weighted by atomic mass is 16.5. The number of nitrogens with zero attached hydrogens (tertiary/aromatic N) is 1. The Labute approximate surface area is 205 Å². The van der Waals surface area contributed by atoms with Gasteiger partial charge < -0.3 is 24.4 Å². The van der Waals surface area contributed by atoms with Crippen molar-refractivity contribution in [3.63, 3.8) is 0 Å². The van der Waals surface area contributed by atoms with E-state index in [4.69, 9.17) is 14.2 Å². The number of rotatable bonds is 9. The highest BCUT2D eigenvalue weighted by Crippen LogP contribution is 2.34. The van der Waals surface area contributed by atoms with Gasteiger partial charge in [-0.25, -0.2) is 0 Å². The number of fused-ring (bicyclic) bond motifs is 1. The molecule has 0 aliphatic carbocycles. The highest BCUT2D eigenvalue weighted by molar-refractivity contribution is 5.99. The zero-order valence-electron chi connectivity index (χ0n) is 20.3. The largest absolute Gasteiger partial charge is 0.494 e. The fourth-order valence-electron chi connectivity index (χ4n) is 3.85. The molecular formula is C28H30N2O5. The van der Waals surface area contributed by atoms with Crippen molar-refractivity contribution in [3.05, 3.63) is 77.4 Å². The van der Waals surface area contributed by atoms with Gasteiger partial charge in [-0.05, 0) is 80.3 Å². The zero-order chi connectivity index (χ0) is 24.8. The van der Waals surface area contributed by atoms with Gasteiger partial charge >= 0.3 is 0 Å². The van der Waals surface area contributed by atoms with Crippen molar-refractivity contribution in [2.24, 2.45) is 0 Å². The molecule has 1 heterocycles. The summed E-state index contributed by atoms with van der Waals surface area (Å²) in [6.45, 7) is 6.76. The first-order valence-electron chi connectivity index (χ1n) is 11.7. The summed E-state index contributed by atoms with van der Waals surface area (Å²) >= 11 is 0. The smallest absolute Gasteiger partial charge is 0.265 e. The molecule has 0 atom stereocenters. The van der Waals surface area contributed by atoms with Crippen molar-refractivity contribution < 1.29 is 23.8 Å². The third-order valence-corrected chi connectivity index (χ3v) is 5.67. The van der Waals surface area contributed by atoms with Gasteiger partial charge in [0.15, 0.2) is 13.2 Å². The summed E-state index contributed by atoms with van der Waals surface area (Å²) in [5.74, 6) is 1.69. The minimum Gasteiger partial charge on any atom is -0.494 e. The standard InChI is InChI=1S/C28H30N2O5/c1-19-6-4-7-23(14-19)33-13-5-12-30-24-16-22(10-11-25(24)35-18-28(30)32)29-27(31)17-34-26-15-20(2)8-9-21(26)3/h4,6-11,14-16H,5,12-13,17-18H2,1-3H3,(H,29,31). The van der Waals surface area contributed by atoms with Crippen LogP contribution < -0.4 is 24.4 Å². The van der Waals surface area contributed by atoms with Crippen molar-refractivity contribution in [2.45, 2.75) is 27.2 Å². The number of benzene rings is 3. The molecule has 35 heavy (non-hydrogen) atoms. The Bertz CT molecular complexity index is 1220. The normalized spacial score (nSPS) is 12.5. The molecule has 0 fully saturated rings. The van der Waals surface area contributed by atoms with Crippen LogP contribution in [0.5, 0.6) is 17.2 Å². The Morgan fingerprint density at radius 1 is 1.00 bits per heavy atom. The second kappa shape index (κ2) is 11.0. The average Bonchev–Trinajstić information content (AvgIpc) is 2.83. The summed E-state index contributed by atoms with van der Waals surface area (Å²) in [6.07, 6.45) is 0.652. The molecule has 0 saturated carbocycles. The van der Waals surface area contributed by atoms with E-state index in [0.29, 0.717) is 42.4 Å². The van der Waals surface area contributed by atoms with Crippen LogP contribution in [0.4, 0.5) is 11.4 Å². The summed E-state index contributed by atoms with van der Waals surface area (Å²) in [6, 6.07) is 19.0. The molecule has 0 unspecified atom stereocenters. The fraction of sp³-hybridized carbons (Fsp3) is 0.286. The molecule has 3 aromatic carbocycles. The first kappa shape index (κ1) is 24.1. The van der Waals surface area contributed by atoms with E-state index in [-0.39, 0.29) is 25.0 Å². The van der Waals surface area contributed by atoms with Crippen LogP contribution in [0, 0.1) is 20.8 Å². The molecular weight excluding hydrogens is 444 g/mol. The lowest BCUT2D eigenvalue weighted by molar-refractivity contribution is -0.121. The van der Waals surface area contributed by atoms with Crippen LogP contribution >= 0.6 is 0 Å². The molecule has 2 amide bonds. The zero-order valence-corrected chi connectivity index (χ0v) is 20.3. The molecule has 1 N–H and O–H groups in total. The molecule has 1 aliphatic heterocycles. The van der Waals surface area contributed by atoms with E-state index in [0.717, 1.165) is 22.4 Å². The van der Waals surface area contributed by atoms with Crippen LogP contribution in [0.2, 0.25) is 0 Å². The van der Waals surface area contributed by atoms with Crippen LogP contribution in [-0.2, 0) is 9.59 Å². The van der Waals surface area contributed by atoms with Gasteiger partial charge in [0.1, 0.15) is 17.2 Å². The van der Waals surface area contributed by atoms with E-state index in [1.807, 2.05) is 63.2 Å². The van der Waals surface area contributed by atoms with Crippen LogP contribution in [0.3, 0.4) is 0 Å². The maximum Gasteiger partial charge on any atom is 0.265 e. The molecule has 7 nitrogen and oxygen atoms in total. The number of anilines is 2. The Kier molecular flexibility index (Phi) is 7.55. The predicted octanol–water partition coefficient (Wildman–Crippen LogP) is 4.82. The third-order valence-electron chi connectivity index (χ3n) is 5.67. The highest BCUT2D eigenvalue weighted by Gasteiger charge is 2.25. The monoisotopic (exact) mass is 474 g/mol. The molecule has 0 saturated heterocycles. The molecule has 3 aromatic rings. The summed E-state index contributed by atoms with van der Waals surface area (Å²) in [4.78, 5) is 26.8. The second-order valence-corrected chi connectivity index (χ2v) is 8.64. The number of carbonyl (C=O) groups excluding carboxylic acids is 2. The van der Waals surface area contributed by atoms with Gasteiger partial charge in [0.25, 0.3) is 11.8 Å². The maximum absolute atomic E-state index is 12.6.